The van der Waals surface area contributed by atoms with Gasteiger partial charge in [-0.05, 0) is 30.7 Å². The van der Waals surface area contributed by atoms with E-state index in [2.05, 4.69) is 16.9 Å². The second-order valence-electron chi connectivity index (χ2n) is 8.06. The van der Waals surface area contributed by atoms with Gasteiger partial charge in [0.2, 0.25) is 0 Å². The topological polar surface area (TPSA) is 67.2 Å². The number of rotatable bonds is 4. The Morgan fingerprint density at radius 3 is 2.55 bits per heavy atom. The highest BCUT2D eigenvalue weighted by atomic mass is 35.5. The maximum absolute atomic E-state index is 13.1. The Bertz CT molecular complexity index is 1290. The molecule has 0 N–H and O–H groups in total. The van der Waals surface area contributed by atoms with Gasteiger partial charge in [-0.25, -0.2) is 14.6 Å². The van der Waals surface area contributed by atoms with Crippen molar-refractivity contribution in [3.8, 4) is 5.69 Å². The minimum Gasteiger partial charge on any atom is -0.354 e. The maximum Gasteiger partial charge on any atom is 0.255 e. The lowest BCUT2D eigenvalue weighted by molar-refractivity contribution is 0.0767. The summed E-state index contributed by atoms with van der Waals surface area (Å²) in [5.41, 5.74) is 2.32. The first-order valence-electron chi connectivity index (χ1n) is 11.2. The highest BCUT2D eigenvalue weighted by molar-refractivity contribution is 6.33. The van der Waals surface area contributed by atoms with Crippen LogP contribution in [-0.4, -0.2) is 56.7 Å². The SMILES string of the molecule is CCc1nc(N2CCCN(C(=O)c3ccccc3Cl)CC2)c2cnn(-c3ccccc3)c2n1. The largest absolute Gasteiger partial charge is 0.354 e. The molecule has 8 heteroatoms. The first kappa shape index (κ1) is 21.4. The number of carbonyl (C=O) groups excluding carboxylic acids is 1. The van der Waals surface area contributed by atoms with Gasteiger partial charge in [0.15, 0.2) is 5.65 Å². The van der Waals surface area contributed by atoms with E-state index < -0.39 is 0 Å². The van der Waals surface area contributed by atoms with Crippen molar-refractivity contribution >= 4 is 34.4 Å². The van der Waals surface area contributed by atoms with Crippen LogP contribution in [0.15, 0.2) is 60.8 Å². The third-order valence-corrected chi connectivity index (χ3v) is 6.29. The minimum absolute atomic E-state index is 0.0265. The Balaban J connectivity index is 1.45. The van der Waals surface area contributed by atoms with Gasteiger partial charge in [-0.15, -0.1) is 0 Å². The monoisotopic (exact) mass is 460 g/mol. The van der Waals surface area contributed by atoms with Crippen LogP contribution in [-0.2, 0) is 6.42 Å². The highest BCUT2D eigenvalue weighted by Crippen LogP contribution is 2.27. The van der Waals surface area contributed by atoms with Crippen LogP contribution in [0.25, 0.3) is 16.7 Å². The normalized spacial score (nSPS) is 14.5. The Labute approximate surface area is 197 Å². The van der Waals surface area contributed by atoms with Crippen molar-refractivity contribution in [3.63, 3.8) is 0 Å². The van der Waals surface area contributed by atoms with Gasteiger partial charge in [-0.3, -0.25) is 4.79 Å². The Kier molecular flexibility index (Phi) is 5.96. The highest BCUT2D eigenvalue weighted by Gasteiger charge is 2.24. The van der Waals surface area contributed by atoms with Crippen LogP contribution in [0.3, 0.4) is 0 Å². The molecule has 1 saturated heterocycles. The fourth-order valence-electron chi connectivity index (χ4n) is 4.23. The fourth-order valence-corrected chi connectivity index (χ4v) is 4.45. The van der Waals surface area contributed by atoms with E-state index in [4.69, 9.17) is 21.6 Å². The molecule has 0 saturated carbocycles. The predicted molar refractivity (Wildman–Crippen MR) is 130 cm³/mol. The number of nitrogens with zero attached hydrogens (tertiary/aromatic N) is 6. The minimum atomic E-state index is -0.0265. The summed E-state index contributed by atoms with van der Waals surface area (Å²) in [6, 6.07) is 17.2. The lowest BCUT2D eigenvalue weighted by Gasteiger charge is -2.24. The van der Waals surface area contributed by atoms with Crippen LogP contribution in [0.5, 0.6) is 0 Å². The molecular weight excluding hydrogens is 436 g/mol. The molecule has 5 rings (SSSR count). The number of amides is 1. The molecule has 0 unspecified atom stereocenters. The van der Waals surface area contributed by atoms with E-state index in [-0.39, 0.29) is 5.91 Å². The van der Waals surface area contributed by atoms with Gasteiger partial charge in [-0.1, -0.05) is 48.9 Å². The van der Waals surface area contributed by atoms with Crippen LogP contribution in [0.4, 0.5) is 5.82 Å². The summed E-state index contributed by atoms with van der Waals surface area (Å²) >= 11 is 6.27. The van der Waals surface area contributed by atoms with E-state index in [1.54, 1.807) is 12.1 Å². The van der Waals surface area contributed by atoms with E-state index in [1.165, 1.54) is 0 Å². The predicted octanol–water partition coefficient (Wildman–Crippen LogP) is 4.38. The zero-order valence-electron chi connectivity index (χ0n) is 18.5. The summed E-state index contributed by atoms with van der Waals surface area (Å²) in [6.07, 6.45) is 3.42. The van der Waals surface area contributed by atoms with E-state index in [1.807, 2.05) is 58.2 Å². The number of para-hydroxylation sites is 1. The molecule has 1 aliphatic heterocycles. The van der Waals surface area contributed by atoms with E-state index in [9.17, 15) is 4.79 Å². The Morgan fingerprint density at radius 1 is 0.970 bits per heavy atom. The number of aryl methyl sites for hydroxylation is 1. The molecule has 7 nitrogen and oxygen atoms in total. The van der Waals surface area contributed by atoms with E-state index in [0.29, 0.717) is 30.2 Å². The average molecular weight is 461 g/mol. The van der Waals surface area contributed by atoms with Crippen molar-refractivity contribution < 1.29 is 4.79 Å². The molecule has 2 aromatic heterocycles. The second-order valence-corrected chi connectivity index (χ2v) is 8.47. The molecule has 3 heterocycles. The molecule has 168 valence electrons. The van der Waals surface area contributed by atoms with Crippen LogP contribution in [0.1, 0.15) is 29.5 Å². The van der Waals surface area contributed by atoms with Crippen molar-refractivity contribution in [1.29, 1.82) is 0 Å². The van der Waals surface area contributed by atoms with E-state index >= 15 is 0 Å². The quantitative estimate of drug-likeness (QED) is 0.452. The molecule has 1 amide bonds. The summed E-state index contributed by atoms with van der Waals surface area (Å²) in [5.74, 6) is 1.64. The molecular formula is C25H25ClN6O. The molecule has 0 radical (unpaired) electrons. The molecule has 0 atom stereocenters. The van der Waals surface area contributed by atoms with Gasteiger partial charge in [0.25, 0.3) is 5.91 Å². The number of benzene rings is 2. The second kappa shape index (κ2) is 9.19. The molecule has 0 aliphatic carbocycles. The molecule has 1 fully saturated rings. The van der Waals surface area contributed by atoms with Crippen LogP contribution < -0.4 is 4.90 Å². The number of hydrogen-bond acceptors (Lipinski definition) is 5. The van der Waals surface area contributed by atoms with Gasteiger partial charge in [0.1, 0.15) is 11.6 Å². The number of hydrogen-bond donors (Lipinski definition) is 0. The number of fused-ring (bicyclic) bond motifs is 1. The van der Waals surface area contributed by atoms with Crippen molar-refractivity contribution in [2.75, 3.05) is 31.1 Å². The summed E-state index contributed by atoms with van der Waals surface area (Å²) in [5, 5.41) is 6.03. The lowest BCUT2D eigenvalue weighted by Crippen LogP contribution is -2.35. The number of aromatic nitrogens is 4. The fraction of sp³-hybridized carbons (Fsp3) is 0.280. The Morgan fingerprint density at radius 2 is 1.76 bits per heavy atom. The van der Waals surface area contributed by atoms with E-state index in [0.717, 1.165) is 47.7 Å². The van der Waals surface area contributed by atoms with Crippen molar-refractivity contribution in [2.45, 2.75) is 19.8 Å². The zero-order valence-corrected chi connectivity index (χ0v) is 19.2. The molecule has 2 aromatic carbocycles. The molecule has 0 bridgehead atoms. The van der Waals surface area contributed by atoms with Crippen molar-refractivity contribution in [1.82, 2.24) is 24.6 Å². The Hall–Kier alpha value is -3.45. The summed E-state index contributed by atoms with van der Waals surface area (Å²) in [6.45, 7) is 4.82. The number of halogens is 1. The summed E-state index contributed by atoms with van der Waals surface area (Å²) in [7, 11) is 0. The van der Waals surface area contributed by atoms with Gasteiger partial charge in [0, 0.05) is 32.6 Å². The smallest absolute Gasteiger partial charge is 0.255 e. The zero-order chi connectivity index (χ0) is 22.8. The van der Waals surface area contributed by atoms with Crippen molar-refractivity contribution in [2.24, 2.45) is 0 Å². The molecule has 0 spiro atoms. The summed E-state index contributed by atoms with van der Waals surface area (Å²) < 4.78 is 1.87. The standard InChI is InChI=1S/C25H25ClN6O/c1-2-22-28-23(20-17-27-32(24(20)29-22)18-9-4-3-5-10-18)30-13-8-14-31(16-15-30)25(33)19-11-6-7-12-21(19)26/h3-7,9-12,17H,2,8,13-16H2,1H3. The molecule has 33 heavy (non-hydrogen) atoms. The van der Waals surface area contributed by atoms with Gasteiger partial charge < -0.3 is 9.80 Å². The van der Waals surface area contributed by atoms with Gasteiger partial charge in [-0.2, -0.15) is 5.10 Å². The van der Waals surface area contributed by atoms with Gasteiger partial charge >= 0.3 is 0 Å². The summed E-state index contributed by atoms with van der Waals surface area (Å²) in [4.78, 5) is 26.9. The molecule has 4 aromatic rings. The average Bonchev–Trinajstić information content (AvgIpc) is 3.13. The van der Waals surface area contributed by atoms with Crippen molar-refractivity contribution in [3.05, 3.63) is 77.2 Å². The maximum atomic E-state index is 13.1. The first-order valence-corrected chi connectivity index (χ1v) is 11.6. The third-order valence-electron chi connectivity index (χ3n) is 5.96. The van der Waals surface area contributed by atoms with Crippen LogP contribution >= 0.6 is 11.6 Å². The van der Waals surface area contributed by atoms with Crippen LogP contribution in [0.2, 0.25) is 5.02 Å². The number of anilines is 1. The first-order chi connectivity index (χ1) is 16.2. The lowest BCUT2D eigenvalue weighted by atomic mass is 10.2. The van der Waals surface area contributed by atoms with Gasteiger partial charge in [0.05, 0.1) is 27.9 Å². The third kappa shape index (κ3) is 4.16. The van der Waals surface area contributed by atoms with Crippen LogP contribution in [0, 0.1) is 0 Å². The molecule has 1 aliphatic rings. The number of carbonyl (C=O) groups is 1.